The van der Waals surface area contributed by atoms with Crippen molar-refractivity contribution in [2.75, 3.05) is 5.73 Å². The van der Waals surface area contributed by atoms with Gasteiger partial charge in [-0.05, 0) is 49.6 Å². The first-order valence-corrected chi connectivity index (χ1v) is 6.17. The van der Waals surface area contributed by atoms with E-state index in [-0.39, 0.29) is 0 Å². The molecule has 0 radical (unpaired) electrons. The van der Waals surface area contributed by atoms with Crippen LogP contribution >= 0.6 is 0 Å². The molecule has 0 spiro atoms. The van der Waals surface area contributed by atoms with Crippen molar-refractivity contribution < 1.29 is 8.42 Å². The van der Waals surface area contributed by atoms with Crippen molar-refractivity contribution >= 4 is 21.1 Å². The Labute approximate surface area is 89.5 Å². The lowest BCUT2D eigenvalue weighted by atomic mass is 10.0. The molecule has 0 amide bonds. The molecule has 0 aliphatic carbocycles. The predicted molar refractivity (Wildman–Crippen MR) is 61.0 cm³/mol. The SMILES string of the molecule is CC1=C(C)S(=O)(=O)c2cc(N)c(C)cc21. The van der Waals surface area contributed by atoms with Crippen LogP contribution in [0, 0.1) is 6.92 Å². The average Bonchev–Trinajstić information content (AvgIpc) is 2.32. The molecular weight excluding hydrogens is 210 g/mol. The van der Waals surface area contributed by atoms with Gasteiger partial charge in [0.25, 0.3) is 0 Å². The third-order valence-electron chi connectivity index (χ3n) is 2.99. The van der Waals surface area contributed by atoms with Gasteiger partial charge in [-0.25, -0.2) is 8.42 Å². The van der Waals surface area contributed by atoms with E-state index in [0.717, 1.165) is 16.7 Å². The Morgan fingerprint density at radius 3 is 2.33 bits per heavy atom. The summed E-state index contributed by atoms with van der Waals surface area (Å²) in [6.07, 6.45) is 0. The van der Waals surface area contributed by atoms with E-state index in [1.54, 1.807) is 13.0 Å². The van der Waals surface area contributed by atoms with Crippen LogP contribution in [0.3, 0.4) is 0 Å². The van der Waals surface area contributed by atoms with Gasteiger partial charge in [0.05, 0.1) is 4.90 Å². The van der Waals surface area contributed by atoms with Gasteiger partial charge in [-0.2, -0.15) is 0 Å². The molecule has 0 saturated carbocycles. The van der Waals surface area contributed by atoms with Gasteiger partial charge in [-0.1, -0.05) is 0 Å². The highest BCUT2D eigenvalue weighted by Crippen LogP contribution is 2.40. The number of sulfone groups is 1. The van der Waals surface area contributed by atoms with Gasteiger partial charge in [0, 0.05) is 10.6 Å². The summed E-state index contributed by atoms with van der Waals surface area (Å²) in [4.78, 5) is 0.781. The molecule has 0 atom stereocenters. The molecule has 0 saturated heterocycles. The maximum atomic E-state index is 11.9. The quantitative estimate of drug-likeness (QED) is 0.685. The molecule has 1 aliphatic rings. The van der Waals surface area contributed by atoms with E-state index >= 15 is 0 Å². The Kier molecular flexibility index (Phi) is 1.95. The molecule has 2 rings (SSSR count). The lowest BCUT2D eigenvalue weighted by Gasteiger charge is -2.05. The van der Waals surface area contributed by atoms with Crippen LogP contribution in [0.2, 0.25) is 0 Å². The van der Waals surface area contributed by atoms with Crippen LogP contribution < -0.4 is 5.73 Å². The summed E-state index contributed by atoms with van der Waals surface area (Å²) >= 11 is 0. The highest BCUT2D eigenvalue weighted by Gasteiger charge is 2.31. The monoisotopic (exact) mass is 223 g/mol. The van der Waals surface area contributed by atoms with Gasteiger partial charge in [0.1, 0.15) is 0 Å². The Bertz CT molecular complexity index is 583. The molecule has 15 heavy (non-hydrogen) atoms. The Balaban J connectivity index is 2.89. The number of nitrogen functional groups attached to an aromatic ring is 1. The molecule has 3 nitrogen and oxygen atoms in total. The predicted octanol–water partition coefficient (Wildman–Crippen LogP) is 2.12. The molecule has 0 bridgehead atoms. The zero-order valence-electron chi connectivity index (χ0n) is 8.96. The smallest absolute Gasteiger partial charge is 0.203 e. The van der Waals surface area contributed by atoms with E-state index in [2.05, 4.69) is 0 Å². The fourth-order valence-electron chi connectivity index (χ4n) is 1.78. The molecule has 0 fully saturated rings. The fraction of sp³-hybridized carbons (Fsp3) is 0.273. The van der Waals surface area contributed by atoms with Gasteiger partial charge in [-0.15, -0.1) is 0 Å². The first kappa shape index (κ1) is 10.2. The first-order chi connectivity index (χ1) is 6.85. The number of nitrogens with two attached hydrogens (primary N) is 1. The minimum atomic E-state index is -3.27. The Morgan fingerprint density at radius 1 is 1.13 bits per heavy atom. The molecule has 1 aliphatic heterocycles. The number of hydrogen-bond donors (Lipinski definition) is 1. The fourth-order valence-corrected chi connectivity index (χ4v) is 3.40. The van der Waals surface area contributed by atoms with E-state index < -0.39 is 9.84 Å². The zero-order chi connectivity index (χ0) is 11.4. The summed E-state index contributed by atoms with van der Waals surface area (Å²) in [6, 6.07) is 3.40. The van der Waals surface area contributed by atoms with Crippen molar-refractivity contribution in [3.63, 3.8) is 0 Å². The number of allylic oxidation sites excluding steroid dienone is 2. The third-order valence-corrected chi connectivity index (χ3v) is 5.02. The average molecular weight is 223 g/mol. The molecule has 1 aromatic rings. The number of rotatable bonds is 0. The summed E-state index contributed by atoms with van der Waals surface area (Å²) in [5.41, 5.74) is 8.78. The standard InChI is InChI=1S/C11H13NO2S/c1-6-4-9-7(2)8(3)15(13,14)11(9)5-10(6)12/h4-5H,12H2,1-3H3. The molecule has 0 aromatic heterocycles. The summed E-state index contributed by atoms with van der Waals surface area (Å²) in [7, 11) is -3.27. The van der Waals surface area contributed by atoms with Crippen molar-refractivity contribution in [3.05, 3.63) is 28.2 Å². The molecule has 80 valence electrons. The lowest BCUT2D eigenvalue weighted by Crippen LogP contribution is -2.00. The Morgan fingerprint density at radius 2 is 1.73 bits per heavy atom. The van der Waals surface area contributed by atoms with Crippen LogP contribution in [0.4, 0.5) is 5.69 Å². The van der Waals surface area contributed by atoms with Crippen LogP contribution in [0.1, 0.15) is 25.0 Å². The number of benzene rings is 1. The molecule has 2 N–H and O–H groups in total. The molecule has 4 heteroatoms. The van der Waals surface area contributed by atoms with E-state index in [9.17, 15) is 8.42 Å². The summed E-state index contributed by atoms with van der Waals surface area (Å²) in [5.74, 6) is 0. The third kappa shape index (κ3) is 1.21. The van der Waals surface area contributed by atoms with Crippen LogP contribution in [-0.2, 0) is 9.84 Å². The molecule has 1 heterocycles. The van der Waals surface area contributed by atoms with E-state index in [4.69, 9.17) is 5.73 Å². The van der Waals surface area contributed by atoms with Crippen LogP contribution in [-0.4, -0.2) is 8.42 Å². The largest absolute Gasteiger partial charge is 0.398 e. The van der Waals surface area contributed by atoms with Gasteiger partial charge >= 0.3 is 0 Å². The molecule has 0 unspecified atom stereocenters. The normalized spacial score (nSPS) is 18.1. The van der Waals surface area contributed by atoms with E-state index in [1.165, 1.54) is 0 Å². The van der Waals surface area contributed by atoms with Crippen molar-refractivity contribution in [2.45, 2.75) is 25.7 Å². The minimum absolute atomic E-state index is 0.348. The number of anilines is 1. The molecule has 1 aromatic carbocycles. The number of fused-ring (bicyclic) bond motifs is 1. The lowest BCUT2D eigenvalue weighted by molar-refractivity contribution is 0.603. The number of hydrogen-bond acceptors (Lipinski definition) is 3. The highest BCUT2D eigenvalue weighted by molar-refractivity contribution is 7.95. The summed E-state index contributed by atoms with van der Waals surface area (Å²) in [6.45, 7) is 5.34. The van der Waals surface area contributed by atoms with Crippen molar-refractivity contribution in [1.82, 2.24) is 0 Å². The maximum absolute atomic E-state index is 11.9. The summed E-state index contributed by atoms with van der Waals surface area (Å²) in [5, 5.41) is 0. The Hall–Kier alpha value is -1.29. The van der Waals surface area contributed by atoms with E-state index in [1.807, 2.05) is 19.9 Å². The van der Waals surface area contributed by atoms with Gasteiger partial charge in [0.2, 0.25) is 9.84 Å². The van der Waals surface area contributed by atoms with Gasteiger partial charge in [0.15, 0.2) is 0 Å². The topological polar surface area (TPSA) is 60.2 Å². The van der Waals surface area contributed by atoms with Gasteiger partial charge in [-0.3, -0.25) is 0 Å². The number of aryl methyl sites for hydroxylation is 1. The first-order valence-electron chi connectivity index (χ1n) is 4.68. The van der Waals surface area contributed by atoms with Crippen LogP contribution in [0.5, 0.6) is 0 Å². The van der Waals surface area contributed by atoms with Gasteiger partial charge < -0.3 is 5.73 Å². The zero-order valence-corrected chi connectivity index (χ0v) is 9.77. The highest BCUT2D eigenvalue weighted by atomic mass is 32.2. The second-order valence-corrected chi connectivity index (χ2v) is 5.95. The van der Waals surface area contributed by atoms with Crippen molar-refractivity contribution in [2.24, 2.45) is 0 Å². The van der Waals surface area contributed by atoms with Crippen molar-refractivity contribution in [3.8, 4) is 0 Å². The molecular formula is C11H13NO2S. The summed E-state index contributed by atoms with van der Waals surface area (Å²) < 4.78 is 23.9. The maximum Gasteiger partial charge on any atom is 0.203 e. The second-order valence-electron chi connectivity index (χ2n) is 3.89. The van der Waals surface area contributed by atoms with Crippen LogP contribution in [0.15, 0.2) is 21.9 Å². The second kappa shape index (κ2) is 2.85. The van der Waals surface area contributed by atoms with Crippen LogP contribution in [0.25, 0.3) is 5.57 Å². The van der Waals surface area contributed by atoms with Crippen molar-refractivity contribution in [1.29, 1.82) is 0 Å². The van der Waals surface area contributed by atoms with E-state index in [0.29, 0.717) is 15.5 Å². The minimum Gasteiger partial charge on any atom is -0.398 e.